The van der Waals surface area contributed by atoms with Crippen molar-refractivity contribution in [3.05, 3.63) is 45.0 Å². The summed E-state index contributed by atoms with van der Waals surface area (Å²) in [6, 6.07) is 6.56. The molecule has 40 heavy (non-hydrogen) atoms. The Kier molecular flexibility index (Phi) is 8.62. The second kappa shape index (κ2) is 11.7. The number of halogens is 1. The minimum Gasteiger partial charge on any atom is -0.460 e. The molecule has 0 spiro atoms. The third-order valence-electron chi connectivity index (χ3n) is 7.73. The van der Waals surface area contributed by atoms with Crippen LogP contribution in [0.2, 0.25) is 0 Å². The van der Waals surface area contributed by atoms with Crippen LogP contribution in [0.1, 0.15) is 76.1 Å². The van der Waals surface area contributed by atoms with Gasteiger partial charge in [-0.25, -0.2) is 4.79 Å². The van der Waals surface area contributed by atoms with Crippen LogP contribution in [0, 0.1) is 15.4 Å². The molecule has 2 N–H and O–H groups in total. The van der Waals surface area contributed by atoms with Gasteiger partial charge in [0.25, 0.3) is 0 Å². The van der Waals surface area contributed by atoms with Crippen molar-refractivity contribution in [2.24, 2.45) is 11.8 Å². The molecule has 10 heteroatoms. The van der Waals surface area contributed by atoms with Gasteiger partial charge in [0.2, 0.25) is 5.91 Å². The Morgan fingerprint density at radius 1 is 1.12 bits per heavy atom. The number of esters is 2. The lowest BCUT2D eigenvalue weighted by Gasteiger charge is -2.31. The van der Waals surface area contributed by atoms with E-state index < -0.39 is 53.6 Å². The summed E-state index contributed by atoms with van der Waals surface area (Å²) in [6.45, 7) is 5.04. The number of amides is 1. The van der Waals surface area contributed by atoms with Crippen molar-refractivity contribution in [1.82, 2.24) is 5.32 Å². The van der Waals surface area contributed by atoms with Gasteiger partial charge in [0.15, 0.2) is 5.79 Å². The maximum atomic E-state index is 13.4. The van der Waals surface area contributed by atoms with Crippen molar-refractivity contribution in [3.63, 3.8) is 0 Å². The highest BCUT2D eigenvalue weighted by Crippen LogP contribution is 2.59. The number of carbonyl (C=O) groups is 3. The summed E-state index contributed by atoms with van der Waals surface area (Å²) in [7, 11) is 0. The molecule has 1 heterocycles. The Morgan fingerprint density at radius 2 is 1.80 bits per heavy atom. The Balaban J connectivity index is 1.31. The number of hydrogen-bond donors (Lipinski definition) is 2. The fourth-order valence-electron chi connectivity index (χ4n) is 5.57. The lowest BCUT2D eigenvalue weighted by molar-refractivity contribution is -0.209. The molecule has 1 amide bonds. The maximum Gasteiger partial charge on any atom is 0.339 e. The summed E-state index contributed by atoms with van der Waals surface area (Å²) in [4.78, 5) is 38.8. The first-order valence-corrected chi connectivity index (χ1v) is 15.2. The Bertz CT molecular complexity index is 1160. The molecule has 0 unspecified atom stereocenters. The number of fused-ring (bicyclic) bond motifs is 1. The largest absolute Gasteiger partial charge is 0.460 e. The first kappa shape index (κ1) is 29.5. The van der Waals surface area contributed by atoms with Gasteiger partial charge < -0.3 is 29.4 Å². The van der Waals surface area contributed by atoms with Crippen LogP contribution in [0.4, 0.5) is 0 Å². The summed E-state index contributed by atoms with van der Waals surface area (Å²) >= 11 is 2.10. The summed E-state index contributed by atoms with van der Waals surface area (Å²) in [5, 5.41) is 12.7. The molecule has 0 bridgehead atoms. The zero-order chi connectivity index (χ0) is 28.7. The van der Waals surface area contributed by atoms with Gasteiger partial charge in [-0.15, -0.1) is 0 Å². The number of nitrogens with one attached hydrogen (secondary N) is 1. The smallest absolute Gasteiger partial charge is 0.339 e. The highest BCUT2D eigenvalue weighted by Gasteiger charge is 2.64. The lowest BCUT2D eigenvalue weighted by atomic mass is 9.91. The molecule has 3 aliphatic carbocycles. The molecule has 0 aromatic heterocycles. The zero-order valence-corrected chi connectivity index (χ0v) is 25.3. The van der Waals surface area contributed by atoms with Crippen molar-refractivity contribution in [2.75, 3.05) is 6.61 Å². The van der Waals surface area contributed by atoms with Crippen molar-refractivity contribution in [3.8, 4) is 0 Å². The van der Waals surface area contributed by atoms with E-state index in [1.807, 2.05) is 12.1 Å². The van der Waals surface area contributed by atoms with Gasteiger partial charge in [-0.3, -0.25) is 9.59 Å². The van der Waals surface area contributed by atoms with E-state index in [2.05, 4.69) is 27.9 Å². The number of benzene rings is 1. The van der Waals surface area contributed by atoms with Crippen molar-refractivity contribution in [1.29, 1.82) is 0 Å². The van der Waals surface area contributed by atoms with Crippen molar-refractivity contribution in [2.45, 2.75) is 101 Å². The highest BCUT2D eigenvalue weighted by atomic mass is 127. The molecule has 2 saturated carbocycles. The van der Waals surface area contributed by atoms with Crippen LogP contribution in [0.3, 0.4) is 0 Å². The van der Waals surface area contributed by atoms with Crippen LogP contribution in [0.25, 0.3) is 0 Å². The average Bonchev–Trinajstić information content (AvgIpc) is 3.82. The fourth-order valence-corrected chi connectivity index (χ4v) is 6.18. The number of ether oxygens (including phenoxy) is 4. The normalized spacial score (nSPS) is 26.3. The molecule has 5 rings (SSSR count). The van der Waals surface area contributed by atoms with E-state index in [4.69, 9.17) is 18.9 Å². The second-order valence-electron chi connectivity index (χ2n) is 12.2. The Hall–Kier alpha value is -2.02. The molecule has 218 valence electrons. The number of aliphatic hydroxyl groups excluding tert-OH is 1. The highest BCUT2D eigenvalue weighted by molar-refractivity contribution is 14.1. The molecular formula is C30H38INO8. The number of aliphatic hydroxyl groups is 1. The van der Waals surface area contributed by atoms with Gasteiger partial charge in [0.05, 0.1) is 18.2 Å². The van der Waals surface area contributed by atoms with Gasteiger partial charge in [-0.1, -0.05) is 12.1 Å². The van der Waals surface area contributed by atoms with Crippen LogP contribution < -0.4 is 5.32 Å². The molecule has 4 atom stereocenters. The molecule has 9 nitrogen and oxygen atoms in total. The van der Waals surface area contributed by atoms with Gasteiger partial charge >= 0.3 is 11.9 Å². The molecule has 1 aromatic rings. The fraction of sp³-hybridized carbons (Fsp3) is 0.633. The molecule has 1 aromatic carbocycles. The predicted molar refractivity (Wildman–Crippen MR) is 153 cm³/mol. The number of carbonyl (C=O) groups excluding carboxylic acids is 3. The molecule has 1 aliphatic heterocycles. The third kappa shape index (κ3) is 6.71. The number of rotatable bonds is 10. The summed E-state index contributed by atoms with van der Waals surface area (Å²) in [5.41, 5.74) is 0.253. The molecule has 4 aliphatic rings. The molecule has 1 saturated heterocycles. The van der Waals surface area contributed by atoms with E-state index in [0.717, 1.165) is 29.3 Å². The average molecular weight is 668 g/mol. The lowest BCUT2D eigenvalue weighted by Crippen LogP contribution is -2.45. The van der Waals surface area contributed by atoms with Gasteiger partial charge in [0, 0.05) is 33.8 Å². The van der Waals surface area contributed by atoms with Crippen LogP contribution in [0.5, 0.6) is 0 Å². The van der Waals surface area contributed by atoms with Gasteiger partial charge in [-0.2, -0.15) is 0 Å². The Morgan fingerprint density at radius 3 is 2.40 bits per heavy atom. The standard InChI is InChI=1S/C30H38INO8/c1-29(2,3)39-25(34)13-12-20(16-33)32-27(35)17-14-23(37-28(36)21-6-4-5-7-22(21)31)26-24(15-17)38-30(40-26,18-8-9-18)19-10-11-19/h4-7,15,18-20,23-24,26,33H,8-14,16H2,1-3H3,(H,32,35)/t20-,23+,24+,26-/m0/s1. The van der Waals surface area contributed by atoms with Crippen LogP contribution >= 0.6 is 22.6 Å². The topological polar surface area (TPSA) is 120 Å². The summed E-state index contributed by atoms with van der Waals surface area (Å²) < 4.78 is 25.4. The van der Waals surface area contributed by atoms with E-state index >= 15 is 0 Å². The zero-order valence-electron chi connectivity index (χ0n) is 23.2. The van der Waals surface area contributed by atoms with Crippen molar-refractivity contribution < 1.29 is 38.4 Å². The Labute approximate surface area is 248 Å². The first-order valence-electron chi connectivity index (χ1n) is 14.1. The van der Waals surface area contributed by atoms with Gasteiger partial charge in [0.1, 0.15) is 23.9 Å². The first-order chi connectivity index (χ1) is 19.0. The number of hydrogen-bond acceptors (Lipinski definition) is 8. The van der Waals surface area contributed by atoms with E-state index in [0.29, 0.717) is 23.0 Å². The third-order valence-corrected chi connectivity index (χ3v) is 8.67. The van der Waals surface area contributed by atoms with Crippen molar-refractivity contribution >= 4 is 40.4 Å². The molecule has 0 radical (unpaired) electrons. The molecular weight excluding hydrogens is 629 g/mol. The van der Waals surface area contributed by atoms with Crippen LogP contribution in [-0.4, -0.2) is 65.3 Å². The van der Waals surface area contributed by atoms with E-state index in [9.17, 15) is 19.5 Å². The quantitative estimate of drug-likeness (QED) is 0.284. The van der Waals surface area contributed by atoms with Crippen LogP contribution in [-0.2, 0) is 28.5 Å². The summed E-state index contributed by atoms with van der Waals surface area (Å²) in [6.07, 6.45) is 4.62. The SMILES string of the molecule is CC(C)(C)OC(=O)CC[C@@H](CO)NC(=O)C1=C[C@H]2OC(C3CC3)(C3CC3)O[C@H]2[C@H](OC(=O)c2ccccc2I)C1. The molecule has 3 fully saturated rings. The monoisotopic (exact) mass is 667 g/mol. The van der Waals surface area contributed by atoms with Gasteiger partial charge in [-0.05, 0) is 93.7 Å². The second-order valence-corrected chi connectivity index (χ2v) is 13.4. The minimum atomic E-state index is -0.715. The predicted octanol–water partition coefficient (Wildman–Crippen LogP) is 4.05. The van der Waals surface area contributed by atoms with E-state index in [1.54, 1.807) is 39.0 Å². The minimum absolute atomic E-state index is 0.0602. The summed E-state index contributed by atoms with van der Waals surface area (Å²) in [5.74, 6) is -1.32. The maximum absolute atomic E-state index is 13.4. The van der Waals surface area contributed by atoms with E-state index in [1.165, 1.54) is 0 Å². The van der Waals surface area contributed by atoms with Crippen LogP contribution in [0.15, 0.2) is 35.9 Å². The van der Waals surface area contributed by atoms with E-state index in [-0.39, 0.29) is 25.9 Å².